The number of fused-ring (bicyclic) bond motifs is 12. The summed E-state index contributed by atoms with van der Waals surface area (Å²) in [6, 6.07) is 59.6. The molecule has 0 bridgehead atoms. The van der Waals surface area contributed by atoms with Gasteiger partial charge in [0, 0.05) is 16.5 Å². The molecule has 2 aliphatic rings. The highest BCUT2D eigenvalue weighted by Gasteiger charge is 2.52. The average molecular weight is 574 g/mol. The zero-order chi connectivity index (χ0) is 29.5. The summed E-state index contributed by atoms with van der Waals surface area (Å²) in [5, 5.41) is 2.29. The first-order valence-electron chi connectivity index (χ1n) is 15.5. The Morgan fingerprint density at radius 3 is 1.82 bits per heavy atom. The summed E-state index contributed by atoms with van der Waals surface area (Å²) < 4.78 is 6.24. The van der Waals surface area contributed by atoms with Gasteiger partial charge >= 0.3 is 0 Å². The molecule has 1 aromatic heterocycles. The molecule has 10 rings (SSSR count). The van der Waals surface area contributed by atoms with E-state index in [9.17, 15) is 0 Å². The van der Waals surface area contributed by atoms with Crippen molar-refractivity contribution in [3.8, 4) is 22.3 Å². The quantitative estimate of drug-likeness (QED) is 0.204. The fourth-order valence-corrected chi connectivity index (χ4v) is 8.16. The molecule has 2 nitrogen and oxygen atoms in total. The summed E-state index contributed by atoms with van der Waals surface area (Å²) >= 11 is 0. The molecule has 0 saturated carbocycles. The maximum Gasteiger partial charge on any atom is 0.135 e. The smallest absolute Gasteiger partial charge is 0.135 e. The minimum absolute atomic E-state index is 0.506. The van der Waals surface area contributed by atoms with E-state index in [0.29, 0.717) is 0 Å². The number of hydrogen-bond donors (Lipinski definition) is 0. The Morgan fingerprint density at radius 2 is 1.02 bits per heavy atom. The highest BCUT2D eigenvalue weighted by Crippen LogP contribution is 2.64. The number of para-hydroxylation sites is 4. The number of rotatable bonds is 2. The SMILES string of the molecule is c1ccc(N2c3ccccc3C3(c4ccccc4-c4cccc(-c5ccc6oc7ccccc7c6c5)c43)c3ccccc32)cc1. The van der Waals surface area contributed by atoms with Crippen LogP contribution >= 0.6 is 0 Å². The lowest BCUT2D eigenvalue weighted by molar-refractivity contribution is 0.669. The summed E-state index contributed by atoms with van der Waals surface area (Å²) in [6.07, 6.45) is 0. The molecule has 0 atom stereocenters. The van der Waals surface area contributed by atoms with Gasteiger partial charge in [-0.15, -0.1) is 0 Å². The first-order chi connectivity index (χ1) is 22.3. The lowest BCUT2D eigenvalue weighted by atomic mass is 9.63. The van der Waals surface area contributed by atoms with E-state index < -0.39 is 5.41 Å². The van der Waals surface area contributed by atoms with Crippen LogP contribution in [0, 0.1) is 0 Å². The molecule has 1 spiro atoms. The second-order valence-electron chi connectivity index (χ2n) is 12.0. The van der Waals surface area contributed by atoms with Crippen molar-refractivity contribution in [2.24, 2.45) is 0 Å². The van der Waals surface area contributed by atoms with E-state index in [2.05, 4.69) is 163 Å². The second-order valence-corrected chi connectivity index (χ2v) is 12.0. The monoisotopic (exact) mass is 573 g/mol. The van der Waals surface area contributed by atoms with Crippen LogP contribution in [0.2, 0.25) is 0 Å². The van der Waals surface area contributed by atoms with Gasteiger partial charge in [-0.1, -0.05) is 121 Å². The zero-order valence-corrected chi connectivity index (χ0v) is 24.4. The summed E-state index contributed by atoms with van der Waals surface area (Å²) in [7, 11) is 0. The Bertz CT molecular complexity index is 2400. The van der Waals surface area contributed by atoms with Gasteiger partial charge in [0.25, 0.3) is 0 Å². The number of furan rings is 1. The number of benzene rings is 7. The van der Waals surface area contributed by atoms with Crippen LogP contribution in [0.1, 0.15) is 22.3 Å². The first kappa shape index (κ1) is 24.6. The summed E-state index contributed by atoms with van der Waals surface area (Å²) in [5.41, 5.74) is 15.2. The van der Waals surface area contributed by atoms with Crippen molar-refractivity contribution < 1.29 is 4.42 Å². The average Bonchev–Trinajstić information content (AvgIpc) is 3.63. The zero-order valence-electron chi connectivity index (χ0n) is 24.4. The van der Waals surface area contributed by atoms with Crippen LogP contribution in [0.3, 0.4) is 0 Å². The van der Waals surface area contributed by atoms with E-state index >= 15 is 0 Å². The minimum atomic E-state index is -0.506. The van der Waals surface area contributed by atoms with E-state index in [0.717, 1.165) is 27.6 Å². The van der Waals surface area contributed by atoms with Crippen LogP contribution in [-0.4, -0.2) is 0 Å². The third kappa shape index (κ3) is 3.18. The van der Waals surface area contributed by atoms with Crippen LogP contribution in [0.5, 0.6) is 0 Å². The number of hydrogen-bond acceptors (Lipinski definition) is 2. The van der Waals surface area contributed by atoms with Crippen LogP contribution in [-0.2, 0) is 5.41 Å². The lowest BCUT2D eigenvalue weighted by Gasteiger charge is -2.45. The molecule has 7 aromatic carbocycles. The van der Waals surface area contributed by atoms with Gasteiger partial charge in [-0.25, -0.2) is 0 Å². The van der Waals surface area contributed by atoms with Crippen molar-refractivity contribution in [2.75, 3.05) is 4.90 Å². The summed E-state index contributed by atoms with van der Waals surface area (Å²) in [5.74, 6) is 0. The van der Waals surface area contributed by atoms with Crippen LogP contribution in [0.4, 0.5) is 17.1 Å². The molecule has 0 N–H and O–H groups in total. The highest BCUT2D eigenvalue weighted by atomic mass is 16.3. The maximum absolute atomic E-state index is 6.24. The predicted octanol–water partition coefficient (Wildman–Crippen LogP) is 11.4. The molecule has 1 aliphatic heterocycles. The van der Waals surface area contributed by atoms with Gasteiger partial charge in [0.1, 0.15) is 11.2 Å². The van der Waals surface area contributed by atoms with Gasteiger partial charge < -0.3 is 9.32 Å². The third-order valence-electron chi connectivity index (χ3n) is 9.86. The van der Waals surface area contributed by atoms with E-state index in [1.807, 2.05) is 6.07 Å². The maximum atomic E-state index is 6.24. The van der Waals surface area contributed by atoms with Crippen LogP contribution < -0.4 is 4.90 Å². The van der Waals surface area contributed by atoms with Crippen LogP contribution in [0.25, 0.3) is 44.2 Å². The molecular weight excluding hydrogens is 546 g/mol. The van der Waals surface area contributed by atoms with Gasteiger partial charge in [-0.3, -0.25) is 0 Å². The fourth-order valence-electron chi connectivity index (χ4n) is 8.16. The van der Waals surface area contributed by atoms with E-state index in [4.69, 9.17) is 4.42 Å². The summed E-state index contributed by atoms with van der Waals surface area (Å²) in [6.45, 7) is 0. The van der Waals surface area contributed by atoms with Gasteiger partial charge in [0.15, 0.2) is 0 Å². The van der Waals surface area contributed by atoms with Crippen LogP contribution in [0.15, 0.2) is 168 Å². The van der Waals surface area contributed by atoms with Crippen molar-refractivity contribution in [1.29, 1.82) is 0 Å². The molecule has 210 valence electrons. The Labute approximate surface area is 261 Å². The number of nitrogens with zero attached hydrogens (tertiary/aromatic N) is 1. The lowest BCUT2D eigenvalue weighted by Crippen LogP contribution is -2.36. The summed E-state index contributed by atoms with van der Waals surface area (Å²) in [4.78, 5) is 2.43. The van der Waals surface area contributed by atoms with Crippen molar-refractivity contribution in [1.82, 2.24) is 0 Å². The molecule has 0 saturated heterocycles. The Kier molecular flexibility index (Phi) is 4.95. The Balaban J connectivity index is 1.34. The van der Waals surface area contributed by atoms with Gasteiger partial charge in [-0.05, 0) is 87.0 Å². The normalized spacial score (nSPS) is 13.9. The van der Waals surface area contributed by atoms with Gasteiger partial charge in [0.2, 0.25) is 0 Å². The molecule has 2 heterocycles. The van der Waals surface area contributed by atoms with Crippen molar-refractivity contribution >= 4 is 39.0 Å². The minimum Gasteiger partial charge on any atom is -0.456 e. The largest absolute Gasteiger partial charge is 0.456 e. The van der Waals surface area contributed by atoms with E-state index in [1.54, 1.807) is 0 Å². The topological polar surface area (TPSA) is 16.4 Å². The second kappa shape index (κ2) is 9.07. The highest BCUT2D eigenvalue weighted by molar-refractivity contribution is 6.07. The van der Waals surface area contributed by atoms with E-state index in [1.165, 1.54) is 55.9 Å². The van der Waals surface area contributed by atoms with Crippen molar-refractivity contribution in [3.05, 3.63) is 186 Å². The molecule has 0 fully saturated rings. The molecule has 0 unspecified atom stereocenters. The van der Waals surface area contributed by atoms with E-state index in [-0.39, 0.29) is 0 Å². The first-order valence-corrected chi connectivity index (χ1v) is 15.5. The van der Waals surface area contributed by atoms with Crippen molar-refractivity contribution in [3.63, 3.8) is 0 Å². The number of anilines is 3. The Hall–Kier alpha value is -5.86. The predicted molar refractivity (Wildman–Crippen MR) is 185 cm³/mol. The molecule has 0 radical (unpaired) electrons. The van der Waals surface area contributed by atoms with Crippen molar-refractivity contribution in [2.45, 2.75) is 5.41 Å². The molecular formula is C43H27NO. The molecule has 45 heavy (non-hydrogen) atoms. The molecule has 1 aliphatic carbocycles. The molecule has 8 aromatic rings. The van der Waals surface area contributed by atoms with Gasteiger partial charge in [0.05, 0.1) is 16.8 Å². The fraction of sp³-hybridized carbons (Fsp3) is 0.0233. The molecule has 2 heteroatoms. The Morgan fingerprint density at radius 1 is 0.422 bits per heavy atom. The molecule has 0 amide bonds. The standard InChI is InChI=1S/C43H27NO/c1-2-13-29(14-3-1)44-38-22-9-7-20-36(38)43(37-21-8-10-23-39(37)44)35-19-6-4-15-31(35)33-18-12-17-30(42(33)43)28-25-26-41-34(27-28)32-16-5-11-24-40(32)45-41/h1-27H. The third-order valence-corrected chi connectivity index (χ3v) is 9.86. The van der Waals surface area contributed by atoms with Gasteiger partial charge in [-0.2, -0.15) is 0 Å².